The monoisotopic (exact) mass is 380 g/mol. The highest BCUT2D eigenvalue weighted by atomic mass is 32.1. The Balaban J connectivity index is 1.40. The number of hydrogen-bond donors (Lipinski definition) is 1. The number of fused-ring (bicyclic) bond motifs is 2. The number of para-hydroxylation sites is 1. The Morgan fingerprint density at radius 3 is 2.37 bits per heavy atom. The standard InChI is InChI=1S/C23H28N2OS/c1-22(2)13-18-14-23(3,15-22)16-25(18)21(27)24-17-9-11-20(12-10-17)26-19-7-5-4-6-8-19/h4-12,18H,13-16H2,1-3H3,(H,24,27)/t18-,23-/m0/s1. The molecule has 2 fully saturated rings. The van der Waals surface area contributed by atoms with Gasteiger partial charge in [-0.2, -0.15) is 0 Å². The molecule has 0 unspecified atom stereocenters. The highest BCUT2D eigenvalue weighted by Crippen LogP contribution is 2.52. The molecular formula is C23H28N2OS. The summed E-state index contributed by atoms with van der Waals surface area (Å²) in [6.45, 7) is 8.26. The van der Waals surface area contributed by atoms with Gasteiger partial charge in [-0.25, -0.2) is 0 Å². The Labute approximate surface area is 167 Å². The van der Waals surface area contributed by atoms with Crippen LogP contribution in [0.15, 0.2) is 54.6 Å². The van der Waals surface area contributed by atoms with Crippen LogP contribution in [0, 0.1) is 10.8 Å². The average Bonchev–Trinajstić information content (AvgIpc) is 2.86. The number of benzene rings is 2. The molecular weight excluding hydrogens is 352 g/mol. The van der Waals surface area contributed by atoms with Crippen molar-refractivity contribution in [2.45, 2.75) is 46.1 Å². The van der Waals surface area contributed by atoms with Crippen LogP contribution < -0.4 is 10.1 Å². The van der Waals surface area contributed by atoms with Crippen LogP contribution in [0.2, 0.25) is 0 Å². The second-order valence-corrected chi connectivity index (χ2v) is 9.60. The highest BCUT2D eigenvalue weighted by molar-refractivity contribution is 7.80. The van der Waals surface area contributed by atoms with Crippen LogP contribution >= 0.6 is 12.2 Å². The number of rotatable bonds is 3. The number of likely N-dealkylation sites (tertiary alicyclic amines) is 1. The molecule has 142 valence electrons. The van der Waals surface area contributed by atoms with E-state index in [9.17, 15) is 0 Å². The van der Waals surface area contributed by atoms with Gasteiger partial charge >= 0.3 is 0 Å². The molecule has 3 nitrogen and oxygen atoms in total. The highest BCUT2D eigenvalue weighted by Gasteiger charge is 2.50. The summed E-state index contributed by atoms with van der Waals surface area (Å²) in [5.74, 6) is 1.66. The summed E-state index contributed by atoms with van der Waals surface area (Å²) in [7, 11) is 0. The number of thiocarbonyl (C=S) groups is 1. The van der Waals surface area contributed by atoms with Crippen LogP contribution in [-0.4, -0.2) is 22.6 Å². The van der Waals surface area contributed by atoms with Crippen LogP contribution in [0.25, 0.3) is 0 Å². The van der Waals surface area contributed by atoms with Crippen molar-refractivity contribution in [1.82, 2.24) is 4.90 Å². The van der Waals surface area contributed by atoms with Gasteiger partial charge in [-0.3, -0.25) is 0 Å². The lowest BCUT2D eigenvalue weighted by Crippen LogP contribution is -2.39. The lowest BCUT2D eigenvalue weighted by Gasteiger charge is -2.39. The molecule has 0 radical (unpaired) electrons. The van der Waals surface area contributed by atoms with Gasteiger partial charge in [0.05, 0.1) is 0 Å². The third kappa shape index (κ3) is 4.11. The van der Waals surface area contributed by atoms with Gasteiger partial charge in [-0.05, 0) is 78.7 Å². The lowest BCUT2D eigenvalue weighted by molar-refractivity contribution is 0.132. The first-order chi connectivity index (χ1) is 12.8. The van der Waals surface area contributed by atoms with Crippen LogP contribution in [0.3, 0.4) is 0 Å². The second-order valence-electron chi connectivity index (χ2n) is 9.21. The van der Waals surface area contributed by atoms with Crippen LogP contribution in [0.1, 0.15) is 40.0 Å². The van der Waals surface area contributed by atoms with Crippen molar-refractivity contribution in [2.24, 2.45) is 10.8 Å². The molecule has 2 aliphatic rings. The topological polar surface area (TPSA) is 24.5 Å². The second kappa shape index (κ2) is 6.83. The first kappa shape index (κ1) is 18.3. The van der Waals surface area contributed by atoms with Crippen molar-refractivity contribution in [3.8, 4) is 11.5 Å². The molecule has 4 rings (SSSR count). The largest absolute Gasteiger partial charge is 0.457 e. The summed E-state index contributed by atoms with van der Waals surface area (Å²) in [5, 5.41) is 4.28. The number of ether oxygens (including phenoxy) is 1. The van der Waals surface area contributed by atoms with Crippen molar-refractivity contribution in [1.29, 1.82) is 0 Å². The summed E-state index contributed by atoms with van der Waals surface area (Å²) in [6.07, 6.45) is 3.75. The maximum atomic E-state index is 5.86. The minimum Gasteiger partial charge on any atom is -0.457 e. The summed E-state index contributed by atoms with van der Waals surface area (Å²) >= 11 is 5.77. The maximum absolute atomic E-state index is 5.86. The predicted octanol–water partition coefficient (Wildman–Crippen LogP) is 6.08. The van der Waals surface area contributed by atoms with Crippen molar-refractivity contribution in [3.63, 3.8) is 0 Å². The molecule has 2 aromatic carbocycles. The molecule has 1 aliphatic heterocycles. The normalized spacial score (nSPS) is 25.9. The van der Waals surface area contributed by atoms with Crippen molar-refractivity contribution in [2.75, 3.05) is 11.9 Å². The van der Waals surface area contributed by atoms with Crippen LogP contribution in [0.5, 0.6) is 11.5 Å². The minimum atomic E-state index is 0.380. The van der Waals surface area contributed by atoms with E-state index in [0.29, 0.717) is 16.9 Å². The molecule has 4 heteroatoms. The molecule has 2 atom stereocenters. The van der Waals surface area contributed by atoms with Gasteiger partial charge in [0.1, 0.15) is 11.5 Å². The summed E-state index contributed by atoms with van der Waals surface area (Å²) in [6, 6.07) is 18.4. The molecule has 0 amide bonds. The number of nitrogens with zero attached hydrogens (tertiary/aromatic N) is 1. The SMILES string of the molecule is CC1(C)C[C@H]2C[C@](C)(CN2C(=S)Nc2ccc(Oc3ccccc3)cc2)C1. The Morgan fingerprint density at radius 2 is 1.67 bits per heavy atom. The van der Waals surface area contributed by atoms with E-state index in [1.807, 2.05) is 54.6 Å². The fourth-order valence-electron chi connectivity index (χ4n) is 5.12. The molecule has 1 N–H and O–H groups in total. The van der Waals surface area contributed by atoms with E-state index >= 15 is 0 Å². The molecule has 1 aliphatic carbocycles. The minimum absolute atomic E-state index is 0.380. The van der Waals surface area contributed by atoms with E-state index in [2.05, 4.69) is 31.0 Å². The quantitative estimate of drug-likeness (QED) is 0.653. The van der Waals surface area contributed by atoms with Gasteiger partial charge in [-0.1, -0.05) is 39.0 Å². The lowest BCUT2D eigenvalue weighted by atomic mass is 9.65. The number of hydrogen-bond acceptors (Lipinski definition) is 2. The van der Waals surface area contributed by atoms with Gasteiger partial charge in [-0.15, -0.1) is 0 Å². The molecule has 2 bridgehead atoms. The molecule has 1 saturated carbocycles. The third-order valence-electron chi connectivity index (χ3n) is 5.76. The Morgan fingerprint density at radius 1 is 1.00 bits per heavy atom. The summed E-state index contributed by atoms with van der Waals surface area (Å²) in [5.41, 5.74) is 1.79. The fraction of sp³-hybridized carbons (Fsp3) is 0.435. The van der Waals surface area contributed by atoms with Gasteiger partial charge < -0.3 is 15.0 Å². The van der Waals surface area contributed by atoms with E-state index in [1.165, 1.54) is 19.3 Å². The van der Waals surface area contributed by atoms with Gasteiger partial charge in [0.2, 0.25) is 0 Å². The van der Waals surface area contributed by atoms with Crippen molar-refractivity contribution < 1.29 is 4.74 Å². The van der Waals surface area contributed by atoms with E-state index in [1.54, 1.807) is 0 Å². The first-order valence-corrected chi connectivity index (χ1v) is 10.1. The Kier molecular flexibility index (Phi) is 4.63. The van der Waals surface area contributed by atoms with Gasteiger partial charge in [0, 0.05) is 18.3 Å². The van der Waals surface area contributed by atoms with E-state index in [0.717, 1.165) is 28.8 Å². The zero-order valence-electron chi connectivity index (χ0n) is 16.4. The van der Waals surface area contributed by atoms with Crippen LogP contribution in [0.4, 0.5) is 5.69 Å². The zero-order valence-corrected chi connectivity index (χ0v) is 17.2. The molecule has 0 spiro atoms. The molecule has 2 aromatic rings. The van der Waals surface area contributed by atoms with E-state index in [4.69, 9.17) is 17.0 Å². The molecule has 0 aromatic heterocycles. The maximum Gasteiger partial charge on any atom is 0.173 e. The average molecular weight is 381 g/mol. The first-order valence-electron chi connectivity index (χ1n) is 9.73. The summed E-state index contributed by atoms with van der Waals surface area (Å²) in [4.78, 5) is 2.42. The third-order valence-corrected chi connectivity index (χ3v) is 6.10. The van der Waals surface area contributed by atoms with Crippen molar-refractivity contribution in [3.05, 3.63) is 54.6 Å². The Bertz CT molecular complexity index is 818. The fourth-order valence-corrected chi connectivity index (χ4v) is 5.46. The van der Waals surface area contributed by atoms with Gasteiger partial charge in [0.25, 0.3) is 0 Å². The van der Waals surface area contributed by atoms with Crippen molar-refractivity contribution >= 4 is 23.0 Å². The Hall–Kier alpha value is -2.07. The summed E-state index contributed by atoms with van der Waals surface area (Å²) < 4.78 is 5.86. The van der Waals surface area contributed by atoms with Gasteiger partial charge in [0.15, 0.2) is 5.11 Å². The van der Waals surface area contributed by atoms with E-state index in [-0.39, 0.29) is 0 Å². The number of anilines is 1. The van der Waals surface area contributed by atoms with E-state index < -0.39 is 0 Å². The smallest absolute Gasteiger partial charge is 0.173 e. The predicted molar refractivity (Wildman–Crippen MR) is 115 cm³/mol. The molecule has 1 heterocycles. The van der Waals surface area contributed by atoms with Crippen LogP contribution in [-0.2, 0) is 0 Å². The zero-order chi connectivity index (χ0) is 19.1. The molecule has 1 saturated heterocycles. The number of nitrogens with one attached hydrogen (secondary N) is 1. The molecule has 27 heavy (non-hydrogen) atoms.